The molecule has 0 aliphatic rings. The van der Waals surface area contributed by atoms with Gasteiger partial charge in [-0.2, -0.15) is 8.42 Å². The van der Waals surface area contributed by atoms with Crippen LogP contribution in [0.2, 0.25) is 5.15 Å². The van der Waals surface area contributed by atoms with Crippen LogP contribution in [0.5, 0.6) is 0 Å². The van der Waals surface area contributed by atoms with E-state index in [0.717, 1.165) is 0 Å². The summed E-state index contributed by atoms with van der Waals surface area (Å²) in [6.45, 7) is 0. The van der Waals surface area contributed by atoms with Crippen molar-refractivity contribution in [1.29, 1.82) is 0 Å². The molecule has 1 rings (SSSR count). The van der Waals surface area contributed by atoms with Gasteiger partial charge in [0.2, 0.25) is 5.95 Å². The van der Waals surface area contributed by atoms with Gasteiger partial charge in [-0.25, -0.2) is 19.4 Å². The molecule has 0 radical (unpaired) electrons. The first kappa shape index (κ1) is 10.2. The third kappa shape index (κ3) is 3.13. The van der Waals surface area contributed by atoms with Crippen molar-refractivity contribution in [3.05, 3.63) is 17.4 Å². The lowest BCUT2D eigenvalue weighted by Gasteiger charge is -2.03. The molecule has 13 heavy (non-hydrogen) atoms. The van der Waals surface area contributed by atoms with Crippen molar-refractivity contribution < 1.29 is 8.42 Å². The summed E-state index contributed by atoms with van der Waals surface area (Å²) in [7, 11) is -2.30. The highest BCUT2D eigenvalue weighted by atomic mass is 35.5. The molecule has 1 aromatic rings. The molecule has 0 saturated carbocycles. The number of rotatable bonds is 3. The number of aromatic nitrogens is 2. The Balaban J connectivity index is 2.87. The maximum absolute atomic E-state index is 10.9. The maximum atomic E-state index is 10.9. The lowest BCUT2D eigenvalue weighted by Crippen LogP contribution is -2.27. The quantitative estimate of drug-likeness (QED) is 0.706. The van der Waals surface area contributed by atoms with Crippen molar-refractivity contribution in [1.82, 2.24) is 14.7 Å². The largest absolute Gasteiger partial charge is 0.301 e. The van der Waals surface area contributed by atoms with Gasteiger partial charge in [0, 0.05) is 13.2 Å². The highest BCUT2D eigenvalue weighted by Gasteiger charge is 2.07. The van der Waals surface area contributed by atoms with Crippen molar-refractivity contribution >= 4 is 27.8 Å². The minimum absolute atomic E-state index is 0.0677. The van der Waals surface area contributed by atoms with Gasteiger partial charge in [0.05, 0.1) is 0 Å². The molecular formula is C5H7ClN4O2S. The topological polar surface area (TPSA) is 84.0 Å². The number of nitrogens with one attached hydrogen (secondary N) is 2. The third-order valence-electron chi connectivity index (χ3n) is 1.12. The van der Waals surface area contributed by atoms with Crippen LogP contribution in [0, 0.1) is 0 Å². The summed E-state index contributed by atoms with van der Waals surface area (Å²) in [5.74, 6) is -0.0677. The van der Waals surface area contributed by atoms with E-state index in [1.807, 2.05) is 4.72 Å². The zero-order valence-electron chi connectivity index (χ0n) is 6.65. The fourth-order valence-electron chi connectivity index (χ4n) is 0.557. The van der Waals surface area contributed by atoms with Gasteiger partial charge in [-0.1, -0.05) is 11.6 Å². The molecule has 0 spiro atoms. The van der Waals surface area contributed by atoms with Crippen LogP contribution in [0.15, 0.2) is 12.3 Å². The van der Waals surface area contributed by atoms with Gasteiger partial charge in [-0.3, -0.25) is 0 Å². The van der Waals surface area contributed by atoms with E-state index in [1.165, 1.54) is 19.3 Å². The van der Waals surface area contributed by atoms with Crippen molar-refractivity contribution in [2.24, 2.45) is 0 Å². The van der Waals surface area contributed by atoms with Crippen LogP contribution in [0.25, 0.3) is 0 Å². The SMILES string of the molecule is CNS(=O)(=O)Nc1nccc(Cl)n1. The fraction of sp³-hybridized carbons (Fsp3) is 0.200. The van der Waals surface area contributed by atoms with Gasteiger partial charge >= 0.3 is 10.2 Å². The summed E-state index contributed by atoms with van der Waals surface area (Å²) in [5, 5.41) is 0.170. The average molecular weight is 223 g/mol. The Morgan fingerprint density at radius 2 is 2.23 bits per heavy atom. The minimum Gasteiger partial charge on any atom is -0.238 e. The molecule has 8 heteroatoms. The predicted octanol–water partition coefficient (Wildman–Crippen LogP) is 0.00610. The number of halogens is 1. The van der Waals surface area contributed by atoms with Crippen molar-refractivity contribution in [3.8, 4) is 0 Å². The van der Waals surface area contributed by atoms with Gasteiger partial charge in [0.25, 0.3) is 0 Å². The van der Waals surface area contributed by atoms with Crippen LogP contribution >= 0.6 is 11.6 Å². The Kier molecular flexibility index (Phi) is 3.02. The van der Waals surface area contributed by atoms with Crippen molar-refractivity contribution in [3.63, 3.8) is 0 Å². The van der Waals surface area contributed by atoms with E-state index in [0.29, 0.717) is 0 Å². The molecule has 6 nitrogen and oxygen atoms in total. The Labute approximate surface area is 80.5 Å². The first-order valence-corrected chi connectivity index (χ1v) is 5.09. The van der Waals surface area contributed by atoms with Gasteiger partial charge in [0.1, 0.15) is 5.15 Å². The monoisotopic (exact) mass is 222 g/mol. The van der Waals surface area contributed by atoms with E-state index in [1.54, 1.807) is 0 Å². The molecule has 0 fully saturated rings. The second-order valence-corrected chi connectivity index (χ2v) is 4.02. The van der Waals surface area contributed by atoms with Crippen LogP contribution < -0.4 is 9.44 Å². The molecule has 0 aromatic carbocycles. The second-order valence-electron chi connectivity index (χ2n) is 2.01. The van der Waals surface area contributed by atoms with Crippen LogP contribution in [0.3, 0.4) is 0 Å². The van der Waals surface area contributed by atoms with E-state index < -0.39 is 10.2 Å². The Bertz CT molecular complexity index is 393. The zero-order valence-corrected chi connectivity index (χ0v) is 8.22. The Morgan fingerprint density at radius 1 is 1.54 bits per heavy atom. The molecule has 0 unspecified atom stereocenters. The molecule has 2 N–H and O–H groups in total. The van der Waals surface area contributed by atoms with Crippen LogP contribution in [0.4, 0.5) is 5.95 Å². The zero-order chi connectivity index (χ0) is 9.90. The summed E-state index contributed by atoms with van der Waals surface area (Å²) >= 11 is 5.51. The molecule has 0 atom stereocenters. The lowest BCUT2D eigenvalue weighted by atomic mass is 10.7. The molecule has 0 saturated heterocycles. The van der Waals surface area contributed by atoms with Crippen molar-refractivity contribution in [2.45, 2.75) is 0 Å². The average Bonchev–Trinajstić information content (AvgIpc) is 2.03. The van der Waals surface area contributed by atoms with E-state index >= 15 is 0 Å². The Hall–Kier alpha value is -0.920. The summed E-state index contributed by atoms with van der Waals surface area (Å²) in [6, 6.07) is 1.44. The fourth-order valence-corrected chi connectivity index (χ4v) is 1.13. The summed E-state index contributed by atoms with van der Waals surface area (Å²) in [6.07, 6.45) is 1.35. The highest BCUT2D eigenvalue weighted by molar-refractivity contribution is 7.90. The molecule has 1 heterocycles. The first-order valence-electron chi connectivity index (χ1n) is 3.23. The molecule has 1 aromatic heterocycles. The first-order chi connectivity index (χ1) is 6.03. The van der Waals surface area contributed by atoms with E-state index in [-0.39, 0.29) is 11.1 Å². The maximum Gasteiger partial charge on any atom is 0.301 e. The molecule has 0 aliphatic carbocycles. The predicted molar refractivity (Wildman–Crippen MR) is 48.6 cm³/mol. The third-order valence-corrected chi connectivity index (χ3v) is 2.32. The Morgan fingerprint density at radius 3 is 2.77 bits per heavy atom. The summed E-state index contributed by atoms with van der Waals surface area (Å²) in [4.78, 5) is 7.28. The molecule has 0 aliphatic heterocycles. The number of hydrogen-bond donors (Lipinski definition) is 2. The normalized spacial score (nSPS) is 11.2. The lowest BCUT2D eigenvalue weighted by molar-refractivity contribution is 0.593. The van der Waals surface area contributed by atoms with Gasteiger partial charge in [-0.05, 0) is 6.07 Å². The second kappa shape index (κ2) is 3.86. The standard InChI is InChI=1S/C5H7ClN4O2S/c1-7-13(11,12)10-5-8-3-2-4(6)9-5/h2-3,7H,1H3,(H,8,9,10). The number of anilines is 1. The minimum atomic E-state index is -3.57. The smallest absolute Gasteiger partial charge is 0.238 e. The molecule has 0 bridgehead atoms. The molecule has 0 amide bonds. The molecular weight excluding hydrogens is 216 g/mol. The molecule has 72 valence electrons. The van der Waals surface area contributed by atoms with Gasteiger partial charge in [-0.15, -0.1) is 0 Å². The summed E-state index contributed by atoms with van der Waals surface area (Å²) < 4.78 is 26.0. The summed E-state index contributed by atoms with van der Waals surface area (Å²) in [5.41, 5.74) is 0. The van der Waals surface area contributed by atoms with Crippen LogP contribution in [-0.2, 0) is 10.2 Å². The number of nitrogens with zero attached hydrogens (tertiary/aromatic N) is 2. The van der Waals surface area contributed by atoms with E-state index in [4.69, 9.17) is 11.6 Å². The number of hydrogen-bond acceptors (Lipinski definition) is 4. The van der Waals surface area contributed by atoms with E-state index in [9.17, 15) is 8.42 Å². The van der Waals surface area contributed by atoms with Crippen LogP contribution in [0.1, 0.15) is 0 Å². The highest BCUT2D eigenvalue weighted by Crippen LogP contribution is 2.06. The van der Waals surface area contributed by atoms with Crippen LogP contribution in [-0.4, -0.2) is 25.4 Å². The van der Waals surface area contributed by atoms with E-state index in [2.05, 4.69) is 14.7 Å². The van der Waals surface area contributed by atoms with Gasteiger partial charge in [0.15, 0.2) is 0 Å². The van der Waals surface area contributed by atoms with Gasteiger partial charge < -0.3 is 0 Å². The van der Waals surface area contributed by atoms with Crippen molar-refractivity contribution in [2.75, 3.05) is 11.8 Å².